The Bertz CT molecular complexity index is 740. The van der Waals surface area contributed by atoms with Gasteiger partial charge in [0.2, 0.25) is 0 Å². The van der Waals surface area contributed by atoms with Crippen molar-refractivity contribution in [3.63, 3.8) is 0 Å². The van der Waals surface area contributed by atoms with Crippen LogP contribution in [0.15, 0.2) is 35.1 Å². The minimum Gasteiger partial charge on any atom is -0.497 e. The molecule has 0 saturated carbocycles. The third-order valence-electron chi connectivity index (χ3n) is 3.53. The van der Waals surface area contributed by atoms with Gasteiger partial charge in [0.25, 0.3) is 5.91 Å². The van der Waals surface area contributed by atoms with Gasteiger partial charge < -0.3 is 14.6 Å². The number of nitrogens with zero attached hydrogens (tertiary/aromatic N) is 2. The zero-order valence-corrected chi connectivity index (χ0v) is 13.6. The summed E-state index contributed by atoms with van der Waals surface area (Å²) >= 11 is 0. The van der Waals surface area contributed by atoms with Crippen molar-refractivity contribution < 1.29 is 9.53 Å². The normalized spacial score (nSPS) is 10.4. The fourth-order valence-corrected chi connectivity index (χ4v) is 2.21. The molecule has 2 rings (SSSR count). The van der Waals surface area contributed by atoms with Crippen molar-refractivity contribution in [2.75, 3.05) is 20.7 Å². The van der Waals surface area contributed by atoms with Crippen molar-refractivity contribution in [2.24, 2.45) is 0 Å². The number of benzene rings is 1. The fourth-order valence-electron chi connectivity index (χ4n) is 2.21. The molecule has 0 aliphatic heterocycles. The molecule has 1 aromatic heterocycles. The molecule has 0 unspecified atom stereocenters. The number of hydrogen-bond donors (Lipinski definition) is 1. The first-order valence-corrected chi connectivity index (χ1v) is 7.56. The smallest absolute Gasteiger partial charge is 0.346 e. The van der Waals surface area contributed by atoms with E-state index in [0.29, 0.717) is 18.0 Å². The van der Waals surface area contributed by atoms with E-state index in [0.717, 1.165) is 18.4 Å². The number of H-pyrrole nitrogens is 1. The summed E-state index contributed by atoms with van der Waals surface area (Å²) in [5, 5.41) is 0. The molecule has 0 spiro atoms. The van der Waals surface area contributed by atoms with Crippen LogP contribution in [-0.2, 0) is 0 Å². The average molecular weight is 315 g/mol. The zero-order chi connectivity index (χ0) is 16.8. The molecule has 1 aromatic carbocycles. The van der Waals surface area contributed by atoms with Gasteiger partial charge in [0.05, 0.1) is 12.8 Å². The Kier molecular flexibility index (Phi) is 5.51. The number of ether oxygens (including phenoxy) is 1. The van der Waals surface area contributed by atoms with E-state index in [1.807, 2.05) is 12.1 Å². The van der Waals surface area contributed by atoms with Crippen LogP contribution in [0.2, 0.25) is 0 Å². The van der Waals surface area contributed by atoms with E-state index in [9.17, 15) is 9.59 Å². The summed E-state index contributed by atoms with van der Waals surface area (Å²) in [6, 6.07) is 8.81. The fraction of sp³-hybridized carbons (Fsp3) is 0.353. The monoisotopic (exact) mass is 315 g/mol. The first-order valence-electron chi connectivity index (χ1n) is 7.56. The van der Waals surface area contributed by atoms with E-state index in [1.54, 1.807) is 37.3 Å². The van der Waals surface area contributed by atoms with Crippen LogP contribution in [0.3, 0.4) is 0 Å². The standard InChI is InChI=1S/C17H21N3O3/c1-4-5-9-20(2)16(21)15-11-14(18-17(22)19-15)12-7-6-8-13(10-12)23-3/h6-8,10-11H,4-5,9H2,1-3H3,(H,18,19,22). The second-order valence-corrected chi connectivity index (χ2v) is 5.30. The van der Waals surface area contributed by atoms with Gasteiger partial charge in [-0.25, -0.2) is 4.79 Å². The Morgan fingerprint density at radius 3 is 2.83 bits per heavy atom. The summed E-state index contributed by atoms with van der Waals surface area (Å²) in [6.07, 6.45) is 1.92. The van der Waals surface area contributed by atoms with Gasteiger partial charge in [0.15, 0.2) is 0 Å². The molecule has 6 heteroatoms. The number of aromatic nitrogens is 2. The molecule has 122 valence electrons. The lowest BCUT2D eigenvalue weighted by Gasteiger charge is -2.16. The van der Waals surface area contributed by atoms with E-state index >= 15 is 0 Å². The number of nitrogens with one attached hydrogen (secondary N) is 1. The summed E-state index contributed by atoms with van der Waals surface area (Å²) in [4.78, 5) is 32.3. The summed E-state index contributed by atoms with van der Waals surface area (Å²) in [5.41, 5.74) is 0.861. The van der Waals surface area contributed by atoms with Crippen LogP contribution in [0, 0.1) is 0 Å². The molecule has 0 fully saturated rings. The second kappa shape index (κ2) is 7.58. The molecule has 2 aromatic rings. The van der Waals surface area contributed by atoms with E-state index in [4.69, 9.17) is 4.74 Å². The quantitative estimate of drug-likeness (QED) is 0.887. The maximum atomic E-state index is 12.4. The van der Waals surface area contributed by atoms with Crippen molar-refractivity contribution in [1.29, 1.82) is 0 Å². The molecule has 0 aliphatic rings. The minimum atomic E-state index is -0.544. The lowest BCUT2D eigenvalue weighted by molar-refractivity contribution is 0.0787. The number of methoxy groups -OCH3 is 1. The predicted molar refractivity (Wildman–Crippen MR) is 88.7 cm³/mol. The molecule has 0 bridgehead atoms. The minimum absolute atomic E-state index is 0.220. The van der Waals surface area contributed by atoms with Crippen LogP contribution in [0.1, 0.15) is 30.3 Å². The third-order valence-corrected chi connectivity index (χ3v) is 3.53. The molecule has 0 aliphatic carbocycles. The van der Waals surface area contributed by atoms with Crippen molar-refractivity contribution in [1.82, 2.24) is 14.9 Å². The van der Waals surface area contributed by atoms with E-state index in [1.165, 1.54) is 0 Å². The molecule has 23 heavy (non-hydrogen) atoms. The number of carbonyl (C=O) groups excluding carboxylic acids is 1. The molecule has 6 nitrogen and oxygen atoms in total. The average Bonchev–Trinajstić information content (AvgIpc) is 2.58. The number of carbonyl (C=O) groups is 1. The maximum Gasteiger partial charge on any atom is 0.346 e. The van der Waals surface area contributed by atoms with Crippen molar-refractivity contribution in [2.45, 2.75) is 19.8 Å². The largest absolute Gasteiger partial charge is 0.497 e. The van der Waals surface area contributed by atoms with Crippen LogP contribution < -0.4 is 10.4 Å². The first kappa shape index (κ1) is 16.7. The highest BCUT2D eigenvalue weighted by molar-refractivity contribution is 5.93. The highest BCUT2D eigenvalue weighted by Crippen LogP contribution is 2.21. The van der Waals surface area contributed by atoms with Crippen LogP contribution in [0.4, 0.5) is 0 Å². The summed E-state index contributed by atoms with van der Waals surface area (Å²) < 4.78 is 5.18. The molecule has 0 saturated heterocycles. The SMILES string of the molecule is CCCCN(C)C(=O)c1cc(-c2cccc(OC)c2)nc(=O)[nH]1. The number of unbranched alkanes of at least 4 members (excludes halogenated alkanes) is 1. The highest BCUT2D eigenvalue weighted by atomic mass is 16.5. The van der Waals surface area contributed by atoms with Gasteiger partial charge in [-0.05, 0) is 24.6 Å². The topological polar surface area (TPSA) is 75.3 Å². The van der Waals surface area contributed by atoms with Crippen molar-refractivity contribution >= 4 is 5.91 Å². The van der Waals surface area contributed by atoms with Gasteiger partial charge in [0, 0.05) is 19.2 Å². The summed E-state index contributed by atoms with van der Waals surface area (Å²) in [5.74, 6) is 0.444. The second-order valence-electron chi connectivity index (χ2n) is 5.30. The highest BCUT2D eigenvalue weighted by Gasteiger charge is 2.14. The summed E-state index contributed by atoms with van der Waals surface area (Å²) in [7, 11) is 3.30. The van der Waals surface area contributed by atoms with Crippen LogP contribution in [0.5, 0.6) is 5.75 Å². The Labute approximate surface area is 135 Å². The molecule has 1 N–H and O–H groups in total. The molecular formula is C17H21N3O3. The maximum absolute atomic E-state index is 12.4. The summed E-state index contributed by atoms with van der Waals surface area (Å²) in [6.45, 7) is 2.71. The molecule has 1 amide bonds. The lowest BCUT2D eigenvalue weighted by Crippen LogP contribution is -2.30. The first-order chi connectivity index (χ1) is 11.0. The van der Waals surface area contributed by atoms with Crippen molar-refractivity contribution in [3.8, 4) is 17.0 Å². The van der Waals surface area contributed by atoms with E-state index in [2.05, 4.69) is 16.9 Å². The van der Waals surface area contributed by atoms with Gasteiger partial charge in [-0.2, -0.15) is 4.98 Å². The number of rotatable bonds is 6. The van der Waals surface area contributed by atoms with Gasteiger partial charge in [-0.3, -0.25) is 4.79 Å². The van der Waals surface area contributed by atoms with Gasteiger partial charge >= 0.3 is 5.69 Å². The predicted octanol–water partition coefficient (Wildman–Crippen LogP) is 2.32. The molecule has 1 heterocycles. The zero-order valence-electron chi connectivity index (χ0n) is 13.6. The van der Waals surface area contributed by atoms with Gasteiger partial charge in [-0.15, -0.1) is 0 Å². The van der Waals surface area contributed by atoms with Gasteiger partial charge in [0.1, 0.15) is 11.4 Å². The molecule has 0 radical (unpaired) electrons. The Morgan fingerprint density at radius 2 is 2.13 bits per heavy atom. The number of aromatic amines is 1. The Balaban J connectivity index is 2.35. The van der Waals surface area contributed by atoms with Crippen LogP contribution in [-0.4, -0.2) is 41.5 Å². The van der Waals surface area contributed by atoms with Crippen LogP contribution >= 0.6 is 0 Å². The van der Waals surface area contributed by atoms with Crippen LogP contribution in [0.25, 0.3) is 11.3 Å². The number of amides is 1. The third kappa shape index (κ3) is 4.18. The Hall–Kier alpha value is -2.63. The molecular weight excluding hydrogens is 294 g/mol. The van der Waals surface area contributed by atoms with E-state index in [-0.39, 0.29) is 11.6 Å². The Morgan fingerprint density at radius 1 is 1.35 bits per heavy atom. The van der Waals surface area contributed by atoms with Gasteiger partial charge in [-0.1, -0.05) is 25.5 Å². The molecule has 0 atom stereocenters. The van der Waals surface area contributed by atoms with Crippen molar-refractivity contribution in [3.05, 3.63) is 46.5 Å². The lowest BCUT2D eigenvalue weighted by atomic mass is 10.1. The van der Waals surface area contributed by atoms with E-state index < -0.39 is 5.69 Å². The number of hydrogen-bond acceptors (Lipinski definition) is 4.